The maximum absolute atomic E-state index is 10.7. The lowest BCUT2D eigenvalue weighted by molar-refractivity contribution is -0.254. The molecule has 0 bridgehead atoms. The Morgan fingerprint density at radius 2 is 2.21 bits per heavy atom. The summed E-state index contributed by atoms with van der Waals surface area (Å²) in [4.78, 5) is 11.0. The molecule has 0 aliphatic rings. The fraction of sp³-hybridized carbons (Fsp3) is 0.100. The first kappa shape index (κ1) is 9.49. The smallest absolute Gasteiger partial charge is 0.0818 e. The van der Waals surface area contributed by atoms with Crippen LogP contribution in [0.5, 0.6) is 0 Å². The van der Waals surface area contributed by atoms with Crippen molar-refractivity contribution >= 4 is 39.0 Å². The van der Waals surface area contributed by atoms with E-state index < -0.39 is 5.97 Å². The predicted octanol–water partition coefficient (Wildman–Crippen LogP) is 2.23. The highest BCUT2D eigenvalue weighted by Crippen LogP contribution is 2.32. The Hall–Kier alpha value is -1.06. The highest BCUT2D eigenvalue weighted by molar-refractivity contribution is 7.21. The summed E-state index contributed by atoms with van der Waals surface area (Å²) in [5.74, 6) is -1.13. The van der Waals surface area contributed by atoms with Gasteiger partial charge in [-0.3, -0.25) is 0 Å². The second-order valence-electron chi connectivity index (χ2n) is 2.98. The average Bonchev–Trinajstić information content (AvgIpc) is 2.44. The predicted molar refractivity (Wildman–Crippen MR) is 55.9 cm³/mol. The number of aryl methyl sites for hydroxylation is 1. The van der Waals surface area contributed by atoms with Crippen LogP contribution in [0, 0.1) is 6.92 Å². The summed E-state index contributed by atoms with van der Waals surface area (Å²) in [6.45, 7) is 1.76. The Balaban J connectivity index is 2.80. The molecule has 0 saturated carbocycles. The summed E-state index contributed by atoms with van der Waals surface area (Å²) < 4.78 is 0.922. The van der Waals surface area contributed by atoms with Crippen molar-refractivity contribution in [1.82, 2.24) is 0 Å². The van der Waals surface area contributed by atoms with Crippen LogP contribution in [-0.4, -0.2) is 5.97 Å². The van der Waals surface area contributed by atoms with Crippen molar-refractivity contribution in [3.63, 3.8) is 0 Å². The second kappa shape index (κ2) is 3.26. The van der Waals surface area contributed by atoms with Gasteiger partial charge in [0.2, 0.25) is 0 Å². The minimum atomic E-state index is -1.13. The summed E-state index contributed by atoms with van der Waals surface area (Å²) in [7, 11) is 0. The van der Waals surface area contributed by atoms with Crippen LogP contribution in [-0.2, 0) is 0 Å². The number of hydrogen-bond acceptors (Lipinski definition) is 3. The van der Waals surface area contributed by atoms with E-state index in [0.717, 1.165) is 15.6 Å². The van der Waals surface area contributed by atoms with E-state index in [-0.39, 0.29) is 4.88 Å². The molecule has 1 heterocycles. The lowest BCUT2D eigenvalue weighted by atomic mass is 10.1. The molecule has 4 heteroatoms. The number of carboxylic acids is 1. The van der Waals surface area contributed by atoms with Crippen molar-refractivity contribution < 1.29 is 9.90 Å². The number of halogens is 1. The van der Waals surface area contributed by atoms with E-state index in [2.05, 4.69) is 0 Å². The number of rotatable bonds is 1. The number of fused-ring (bicyclic) bond motifs is 1. The third-order valence-electron chi connectivity index (χ3n) is 2.08. The number of thiophene rings is 1. The maximum atomic E-state index is 10.7. The van der Waals surface area contributed by atoms with E-state index >= 15 is 0 Å². The van der Waals surface area contributed by atoms with Crippen LogP contribution in [0.4, 0.5) is 0 Å². The molecule has 0 N–H and O–H groups in total. The minimum Gasteiger partial charge on any atom is -0.544 e. The molecule has 72 valence electrons. The Kier molecular flexibility index (Phi) is 2.21. The van der Waals surface area contributed by atoms with Gasteiger partial charge in [0.1, 0.15) is 0 Å². The lowest BCUT2D eigenvalue weighted by Crippen LogP contribution is -2.21. The number of carboxylic acid groups (broad SMARTS) is 1. The molecule has 0 spiro atoms. The van der Waals surface area contributed by atoms with E-state index in [1.165, 1.54) is 11.3 Å². The van der Waals surface area contributed by atoms with Crippen molar-refractivity contribution in [1.29, 1.82) is 0 Å². The minimum absolute atomic E-state index is 0.280. The van der Waals surface area contributed by atoms with Gasteiger partial charge in [-0.1, -0.05) is 11.6 Å². The summed E-state index contributed by atoms with van der Waals surface area (Å²) in [6.07, 6.45) is 0. The zero-order valence-corrected chi connectivity index (χ0v) is 8.91. The first-order valence-corrected chi connectivity index (χ1v) is 5.19. The van der Waals surface area contributed by atoms with Crippen LogP contribution in [0.25, 0.3) is 10.1 Å². The maximum Gasteiger partial charge on any atom is 0.0818 e. The number of benzene rings is 1. The molecule has 2 aromatic rings. The summed E-state index contributed by atoms with van der Waals surface area (Å²) in [6, 6.07) is 5.34. The molecule has 1 aromatic carbocycles. The topological polar surface area (TPSA) is 40.1 Å². The molecular formula is C10H6ClO2S-. The van der Waals surface area contributed by atoms with E-state index in [4.69, 9.17) is 11.6 Å². The Morgan fingerprint density at radius 3 is 2.86 bits per heavy atom. The van der Waals surface area contributed by atoms with Gasteiger partial charge in [-0.2, -0.15) is 0 Å². The van der Waals surface area contributed by atoms with Crippen LogP contribution in [0.1, 0.15) is 15.2 Å². The summed E-state index contributed by atoms with van der Waals surface area (Å²) >= 11 is 7.04. The molecule has 0 radical (unpaired) electrons. The Bertz CT molecular complexity index is 516. The van der Waals surface area contributed by atoms with Crippen LogP contribution >= 0.6 is 22.9 Å². The van der Waals surface area contributed by atoms with E-state index in [9.17, 15) is 9.90 Å². The molecule has 0 aliphatic carbocycles. The van der Waals surface area contributed by atoms with E-state index in [1.807, 2.05) is 6.07 Å². The van der Waals surface area contributed by atoms with Gasteiger partial charge in [0.15, 0.2) is 0 Å². The first-order valence-electron chi connectivity index (χ1n) is 3.99. The zero-order valence-electron chi connectivity index (χ0n) is 7.33. The Labute approximate surface area is 89.7 Å². The number of carbonyl (C=O) groups excluding carboxylic acids is 1. The first-order chi connectivity index (χ1) is 6.59. The zero-order chi connectivity index (χ0) is 10.3. The molecule has 0 atom stereocenters. The van der Waals surface area contributed by atoms with E-state index in [0.29, 0.717) is 5.02 Å². The van der Waals surface area contributed by atoms with Crippen molar-refractivity contribution in [3.05, 3.63) is 33.7 Å². The third kappa shape index (κ3) is 1.38. The van der Waals surface area contributed by atoms with Gasteiger partial charge in [-0.05, 0) is 36.1 Å². The quantitative estimate of drug-likeness (QED) is 0.747. The third-order valence-corrected chi connectivity index (χ3v) is 3.57. The van der Waals surface area contributed by atoms with Gasteiger partial charge in [-0.25, -0.2) is 0 Å². The molecule has 2 rings (SSSR count). The van der Waals surface area contributed by atoms with Gasteiger partial charge in [0, 0.05) is 9.72 Å². The number of carbonyl (C=O) groups is 1. The summed E-state index contributed by atoms with van der Waals surface area (Å²) in [5.41, 5.74) is 0.729. The van der Waals surface area contributed by atoms with Crippen LogP contribution < -0.4 is 5.11 Å². The normalized spacial score (nSPS) is 10.7. The molecule has 14 heavy (non-hydrogen) atoms. The van der Waals surface area contributed by atoms with Crippen LogP contribution in [0.3, 0.4) is 0 Å². The number of hydrogen-bond donors (Lipinski definition) is 0. The molecule has 0 fully saturated rings. The van der Waals surface area contributed by atoms with Crippen molar-refractivity contribution in [2.45, 2.75) is 6.92 Å². The van der Waals surface area contributed by atoms with Crippen molar-refractivity contribution in [3.8, 4) is 0 Å². The SMILES string of the molecule is Cc1c(C(=O)[O-])sc2ccc(Cl)cc12. The largest absolute Gasteiger partial charge is 0.544 e. The highest BCUT2D eigenvalue weighted by Gasteiger charge is 2.08. The van der Waals surface area contributed by atoms with Crippen molar-refractivity contribution in [2.75, 3.05) is 0 Å². The van der Waals surface area contributed by atoms with E-state index in [1.54, 1.807) is 19.1 Å². The fourth-order valence-electron chi connectivity index (χ4n) is 1.39. The molecule has 0 saturated heterocycles. The molecule has 0 aliphatic heterocycles. The van der Waals surface area contributed by atoms with Gasteiger partial charge in [0.25, 0.3) is 0 Å². The van der Waals surface area contributed by atoms with Gasteiger partial charge < -0.3 is 9.90 Å². The molecule has 0 unspecified atom stereocenters. The monoisotopic (exact) mass is 225 g/mol. The standard InChI is InChI=1S/C10H7ClO2S/c1-5-7-4-6(11)2-3-8(7)14-9(5)10(12)13/h2-4H,1H3,(H,12,13)/p-1. The highest BCUT2D eigenvalue weighted by atomic mass is 35.5. The molecular weight excluding hydrogens is 220 g/mol. The Morgan fingerprint density at radius 1 is 1.50 bits per heavy atom. The second-order valence-corrected chi connectivity index (χ2v) is 4.47. The molecule has 0 amide bonds. The van der Waals surface area contributed by atoms with Gasteiger partial charge >= 0.3 is 0 Å². The van der Waals surface area contributed by atoms with Crippen LogP contribution in [0.2, 0.25) is 5.02 Å². The average molecular weight is 226 g/mol. The van der Waals surface area contributed by atoms with Gasteiger partial charge in [0.05, 0.1) is 10.8 Å². The fourth-order valence-corrected chi connectivity index (χ4v) is 2.58. The molecule has 2 nitrogen and oxygen atoms in total. The van der Waals surface area contributed by atoms with Crippen molar-refractivity contribution in [2.24, 2.45) is 0 Å². The lowest BCUT2D eigenvalue weighted by Gasteiger charge is -1.98. The van der Waals surface area contributed by atoms with Gasteiger partial charge in [-0.15, -0.1) is 11.3 Å². The van der Waals surface area contributed by atoms with Crippen LogP contribution in [0.15, 0.2) is 18.2 Å². The summed E-state index contributed by atoms with van der Waals surface area (Å²) in [5, 5.41) is 12.2. The number of aromatic carboxylic acids is 1. The molecule has 1 aromatic heterocycles.